The lowest BCUT2D eigenvalue weighted by Gasteiger charge is -2.33. The van der Waals surface area contributed by atoms with E-state index >= 15 is 0 Å². The molecule has 0 aromatic heterocycles. The Labute approximate surface area is 144 Å². The Hall–Kier alpha value is -2.01. The Balaban J connectivity index is 1.90. The second-order valence-electron chi connectivity index (χ2n) is 6.71. The van der Waals surface area contributed by atoms with Crippen molar-refractivity contribution in [2.45, 2.75) is 33.2 Å². The van der Waals surface area contributed by atoms with Gasteiger partial charge in [-0.2, -0.15) is 0 Å². The van der Waals surface area contributed by atoms with Crippen molar-refractivity contribution in [3.63, 3.8) is 0 Å². The number of aromatic hydroxyl groups is 1. The molecule has 1 fully saturated rings. The molecule has 24 heavy (non-hydrogen) atoms. The van der Waals surface area contributed by atoms with E-state index in [-0.39, 0.29) is 11.7 Å². The number of hydrogen-bond donors (Lipinski definition) is 2. The Kier molecular flexibility index (Phi) is 6.67. The van der Waals surface area contributed by atoms with Crippen molar-refractivity contribution in [1.29, 1.82) is 0 Å². The molecule has 5 nitrogen and oxygen atoms in total. The summed E-state index contributed by atoms with van der Waals surface area (Å²) in [4.78, 5) is 14.1. The zero-order valence-corrected chi connectivity index (χ0v) is 14.8. The van der Waals surface area contributed by atoms with Crippen LogP contribution in [0.4, 0.5) is 0 Å². The van der Waals surface area contributed by atoms with E-state index in [9.17, 15) is 9.90 Å². The van der Waals surface area contributed by atoms with E-state index in [0.29, 0.717) is 12.5 Å². The van der Waals surface area contributed by atoms with Gasteiger partial charge in [0, 0.05) is 31.3 Å². The van der Waals surface area contributed by atoms with Crippen LogP contribution in [0.2, 0.25) is 0 Å². The molecule has 0 radical (unpaired) electrons. The van der Waals surface area contributed by atoms with Gasteiger partial charge in [0.1, 0.15) is 11.5 Å². The topological polar surface area (TPSA) is 61.8 Å². The number of nitrogens with zero attached hydrogens (tertiary/aromatic N) is 1. The normalized spacial score (nSPS) is 18.0. The van der Waals surface area contributed by atoms with Gasteiger partial charge in [0.05, 0.1) is 7.11 Å². The molecule has 2 rings (SSSR count). The predicted molar refractivity (Wildman–Crippen MR) is 95.1 cm³/mol. The van der Waals surface area contributed by atoms with Crippen LogP contribution in [0, 0.1) is 5.92 Å². The fourth-order valence-corrected chi connectivity index (χ4v) is 3.15. The highest BCUT2D eigenvalue weighted by atomic mass is 16.5. The van der Waals surface area contributed by atoms with Gasteiger partial charge < -0.3 is 15.2 Å². The maximum absolute atomic E-state index is 11.7. The van der Waals surface area contributed by atoms with Crippen LogP contribution in [0.15, 0.2) is 29.8 Å². The van der Waals surface area contributed by atoms with Gasteiger partial charge in [0.15, 0.2) is 0 Å². The number of hydrogen-bond acceptors (Lipinski definition) is 4. The van der Waals surface area contributed by atoms with Gasteiger partial charge in [-0.25, -0.2) is 0 Å². The molecule has 1 heterocycles. The number of amides is 1. The summed E-state index contributed by atoms with van der Waals surface area (Å²) in [6.07, 6.45) is 3.88. The van der Waals surface area contributed by atoms with E-state index in [1.165, 1.54) is 0 Å². The van der Waals surface area contributed by atoms with Crippen molar-refractivity contribution in [3.05, 3.63) is 35.4 Å². The first-order chi connectivity index (χ1) is 11.5. The third-order valence-corrected chi connectivity index (χ3v) is 4.25. The Morgan fingerprint density at radius 3 is 2.96 bits per heavy atom. The summed E-state index contributed by atoms with van der Waals surface area (Å²) >= 11 is 0. The molecule has 5 heteroatoms. The monoisotopic (exact) mass is 332 g/mol. The Morgan fingerprint density at radius 1 is 1.46 bits per heavy atom. The van der Waals surface area contributed by atoms with Crippen LogP contribution >= 0.6 is 0 Å². The maximum atomic E-state index is 11.7. The van der Waals surface area contributed by atoms with Crippen LogP contribution in [0.25, 0.3) is 0 Å². The molecule has 0 unspecified atom stereocenters. The number of phenolic OH excluding ortho intramolecular Hbond substituents is 1. The minimum absolute atomic E-state index is 0.0122. The zero-order valence-electron chi connectivity index (χ0n) is 14.8. The molecule has 1 amide bonds. The lowest BCUT2D eigenvalue weighted by molar-refractivity contribution is -0.116. The summed E-state index contributed by atoms with van der Waals surface area (Å²) < 4.78 is 5.38. The fraction of sp³-hybridized carbons (Fsp3) is 0.526. The van der Waals surface area contributed by atoms with Crippen molar-refractivity contribution in [1.82, 2.24) is 10.2 Å². The smallest absolute Gasteiger partial charge is 0.243 e. The molecular formula is C19H28N2O3. The Bertz CT molecular complexity index is 594. The van der Waals surface area contributed by atoms with Gasteiger partial charge >= 0.3 is 0 Å². The summed E-state index contributed by atoms with van der Waals surface area (Å²) in [5.41, 5.74) is 2.00. The van der Waals surface area contributed by atoms with E-state index in [1.54, 1.807) is 31.4 Å². The number of rotatable bonds is 6. The second kappa shape index (κ2) is 8.73. The number of methoxy groups -OCH3 is 1. The number of allylic oxidation sites excluding steroid dienone is 1. The van der Waals surface area contributed by atoms with Crippen LogP contribution in [0.1, 0.15) is 32.3 Å². The number of likely N-dealkylation sites (tertiary alicyclic amines) is 1. The van der Waals surface area contributed by atoms with Gasteiger partial charge in [-0.1, -0.05) is 5.57 Å². The van der Waals surface area contributed by atoms with E-state index in [2.05, 4.69) is 10.2 Å². The molecule has 1 atom stereocenters. The van der Waals surface area contributed by atoms with Crippen LogP contribution < -0.4 is 10.1 Å². The highest BCUT2D eigenvalue weighted by Gasteiger charge is 2.21. The number of benzene rings is 1. The molecule has 0 bridgehead atoms. The van der Waals surface area contributed by atoms with Crippen molar-refractivity contribution in [3.8, 4) is 11.5 Å². The largest absolute Gasteiger partial charge is 0.508 e. The van der Waals surface area contributed by atoms with E-state index in [4.69, 9.17) is 4.74 Å². The highest BCUT2D eigenvalue weighted by molar-refractivity contribution is 5.87. The summed E-state index contributed by atoms with van der Waals surface area (Å²) in [6, 6.07) is 5.20. The fourth-order valence-electron chi connectivity index (χ4n) is 3.15. The molecule has 132 valence electrons. The molecule has 1 aromatic carbocycles. The average molecular weight is 332 g/mol. The molecule has 1 aliphatic heterocycles. The zero-order chi connectivity index (χ0) is 17.5. The molecule has 2 N–H and O–H groups in total. The third-order valence-electron chi connectivity index (χ3n) is 4.25. The van der Waals surface area contributed by atoms with Crippen LogP contribution in [0.5, 0.6) is 11.5 Å². The van der Waals surface area contributed by atoms with Crippen molar-refractivity contribution in [2.24, 2.45) is 5.92 Å². The number of ether oxygens (including phenoxy) is 1. The van der Waals surface area contributed by atoms with Crippen LogP contribution in [-0.2, 0) is 11.3 Å². The number of carbonyl (C=O) groups excluding carboxylic acids is 1. The summed E-state index contributed by atoms with van der Waals surface area (Å²) in [5.74, 6) is 1.50. The van der Waals surface area contributed by atoms with Gasteiger partial charge in [-0.05, 0) is 57.4 Å². The maximum Gasteiger partial charge on any atom is 0.243 e. The van der Waals surface area contributed by atoms with E-state index in [0.717, 1.165) is 49.4 Å². The first kappa shape index (κ1) is 18.3. The lowest BCUT2D eigenvalue weighted by Crippen LogP contribution is -2.40. The van der Waals surface area contributed by atoms with Gasteiger partial charge in [0.25, 0.3) is 0 Å². The Morgan fingerprint density at radius 2 is 2.25 bits per heavy atom. The lowest BCUT2D eigenvalue weighted by atomic mass is 9.97. The second-order valence-corrected chi connectivity index (χ2v) is 6.71. The number of nitrogens with one attached hydrogen (secondary N) is 1. The molecular weight excluding hydrogens is 304 g/mol. The van der Waals surface area contributed by atoms with Gasteiger partial charge in [0.2, 0.25) is 5.91 Å². The number of carbonyl (C=O) groups is 1. The first-order valence-electron chi connectivity index (χ1n) is 8.49. The molecule has 1 aliphatic rings. The van der Waals surface area contributed by atoms with E-state index in [1.807, 2.05) is 13.8 Å². The average Bonchev–Trinajstić information content (AvgIpc) is 2.53. The molecule has 1 aromatic rings. The van der Waals surface area contributed by atoms with E-state index < -0.39 is 0 Å². The molecule has 0 spiro atoms. The van der Waals surface area contributed by atoms with Crippen LogP contribution in [-0.4, -0.2) is 42.7 Å². The standard InChI is InChI=1S/C19H28N2O3/c1-14(2)9-19(23)20-11-15-5-4-8-21(12-15)13-16-10-17(22)6-7-18(16)24-3/h6-7,9-10,15,22H,4-5,8,11-13H2,1-3H3,(H,20,23)/t15-/m0/s1. The van der Waals surface area contributed by atoms with Crippen molar-refractivity contribution < 1.29 is 14.6 Å². The highest BCUT2D eigenvalue weighted by Crippen LogP contribution is 2.26. The predicted octanol–water partition coefficient (Wildman–Crippen LogP) is 2.70. The van der Waals surface area contributed by atoms with Crippen molar-refractivity contribution >= 4 is 5.91 Å². The molecule has 0 aliphatic carbocycles. The first-order valence-corrected chi connectivity index (χ1v) is 8.49. The van der Waals surface area contributed by atoms with Crippen molar-refractivity contribution in [2.75, 3.05) is 26.7 Å². The summed E-state index contributed by atoms with van der Waals surface area (Å²) in [7, 11) is 1.65. The number of phenols is 1. The number of piperidine rings is 1. The minimum atomic E-state index is -0.0122. The molecule has 1 saturated heterocycles. The SMILES string of the molecule is COc1ccc(O)cc1CN1CCC[C@@H](CNC(=O)C=C(C)C)C1. The molecule has 0 saturated carbocycles. The summed E-state index contributed by atoms with van der Waals surface area (Å²) in [6.45, 7) is 7.26. The summed E-state index contributed by atoms with van der Waals surface area (Å²) in [5, 5.41) is 12.7. The van der Waals surface area contributed by atoms with Gasteiger partial charge in [-0.3, -0.25) is 9.69 Å². The van der Waals surface area contributed by atoms with Crippen LogP contribution in [0.3, 0.4) is 0 Å². The quantitative estimate of drug-likeness (QED) is 0.786. The van der Waals surface area contributed by atoms with Gasteiger partial charge in [-0.15, -0.1) is 0 Å². The third kappa shape index (κ3) is 5.57. The minimum Gasteiger partial charge on any atom is -0.508 e.